The molecule has 3 amide bonds. The van der Waals surface area contributed by atoms with E-state index in [4.69, 9.17) is 25.8 Å². The number of nitrogens with one attached hydrogen (secondary N) is 1. The van der Waals surface area contributed by atoms with Crippen LogP contribution in [0.15, 0.2) is 36.4 Å². The summed E-state index contributed by atoms with van der Waals surface area (Å²) in [7, 11) is 1.37. The molecule has 0 radical (unpaired) electrons. The monoisotopic (exact) mass is 588 g/mol. The number of halogens is 1. The summed E-state index contributed by atoms with van der Waals surface area (Å²) >= 11 is 6.45. The van der Waals surface area contributed by atoms with Crippen molar-refractivity contribution in [1.82, 2.24) is 20.1 Å². The van der Waals surface area contributed by atoms with E-state index < -0.39 is 35.5 Å². The predicted molar refractivity (Wildman–Crippen MR) is 153 cm³/mol. The van der Waals surface area contributed by atoms with Crippen molar-refractivity contribution in [3.8, 4) is 17.0 Å². The molecule has 0 unspecified atom stereocenters. The third-order valence-electron chi connectivity index (χ3n) is 6.19. The highest BCUT2D eigenvalue weighted by Crippen LogP contribution is 2.32. The molecule has 41 heavy (non-hydrogen) atoms. The minimum Gasteiger partial charge on any atom is -0.493 e. The molecule has 0 spiro atoms. The van der Waals surface area contributed by atoms with Gasteiger partial charge in [-0.3, -0.25) is 14.4 Å². The van der Waals surface area contributed by atoms with E-state index in [1.807, 2.05) is 30.3 Å². The van der Waals surface area contributed by atoms with E-state index >= 15 is 0 Å². The molecule has 1 aromatic heterocycles. The van der Waals surface area contributed by atoms with Crippen LogP contribution < -0.4 is 10.1 Å². The maximum atomic E-state index is 13.6. The fourth-order valence-electron chi connectivity index (χ4n) is 4.29. The first-order chi connectivity index (χ1) is 19.4. The minimum absolute atomic E-state index is 0.00794. The lowest BCUT2D eigenvalue weighted by molar-refractivity contribution is -0.155. The number of hydrogen-bond acceptors (Lipinski definition) is 8. The Bertz CT molecular complexity index is 1240. The standard InChI is InChI=1S/C29H37ClN4O7/c1-6-40-28(38)34-16-14-33(15-17-34)27(37)21(12-13-23(35)41-29(2,3)4)32-26(36)24-25(39-5)20(30)18-22(31-24)19-10-8-7-9-11-19/h7-11,18,21H,6,12-17H2,1-5H3,(H,32,36)/t21-/m0/s1. The number of carbonyl (C=O) groups is 4. The molecule has 11 nitrogen and oxygen atoms in total. The smallest absolute Gasteiger partial charge is 0.409 e. The number of ether oxygens (including phenoxy) is 3. The summed E-state index contributed by atoms with van der Waals surface area (Å²) in [6.45, 7) is 8.27. The molecule has 222 valence electrons. The van der Waals surface area contributed by atoms with Gasteiger partial charge in [-0.25, -0.2) is 9.78 Å². The molecule has 1 N–H and O–H groups in total. The largest absolute Gasteiger partial charge is 0.493 e. The Kier molecular flexibility index (Phi) is 10.9. The number of benzene rings is 1. The molecule has 1 fully saturated rings. The molecule has 0 saturated carbocycles. The summed E-state index contributed by atoms with van der Waals surface area (Å²) in [5.41, 5.74) is 0.396. The molecule has 3 rings (SSSR count). The van der Waals surface area contributed by atoms with Crippen molar-refractivity contribution in [2.75, 3.05) is 39.9 Å². The summed E-state index contributed by atoms with van der Waals surface area (Å²) in [6, 6.07) is 9.71. The van der Waals surface area contributed by atoms with Gasteiger partial charge in [-0.05, 0) is 40.2 Å². The van der Waals surface area contributed by atoms with Crippen molar-refractivity contribution < 1.29 is 33.4 Å². The zero-order valence-electron chi connectivity index (χ0n) is 24.1. The van der Waals surface area contributed by atoms with Gasteiger partial charge in [-0.2, -0.15) is 0 Å². The van der Waals surface area contributed by atoms with Crippen LogP contribution in [0.3, 0.4) is 0 Å². The van der Waals surface area contributed by atoms with Crippen LogP contribution in [-0.2, 0) is 19.1 Å². The average Bonchev–Trinajstić information content (AvgIpc) is 2.94. The Labute approximate surface area is 245 Å². The number of piperazine rings is 1. The van der Waals surface area contributed by atoms with E-state index in [1.165, 1.54) is 12.0 Å². The molecular weight excluding hydrogens is 552 g/mol. The van der Waals surface area contributed by atoms with Crippen LogP contribution in [0.1, 0.15) is 51.0 Å². The van der Waals surface area contributed by atoms with Crippen molar-refractivity contribution >= 4 is 35.5 Å². The highest BCUT2D eigenvalue weighted by molar-refractivity contribution is 6.33. The van der Waals surface area contributed by atoms with Crippen molar-refractivity contribution in [3.05, 3.63) is 47.1 Å². The highest BCUT2D eigenvalue weighted by atomic mass is 35.5. The van der Waals surface area contributed by atoms with E-state index in [-0.39, 0.29) is 62.1 Å². The quantitative estimate of drug-likeness (QED) is 0.437. The van der Waals surface area contributed by atoms with E-state index in [1.54, 1.807) is 38.7 Å². The first-order valence-electron chi connectivity index (χ1n) is 13.5. The van der Waals surface area contributed by atoms with E-state index in [9.17, 15) is 19.2 Å². The van der Waals surface area contributed by atoms with Crippen LogP contribution in [0.25, 0.3) is 11.3 Å². The lowest BCUT2D eigenvalue weighted by Crippen LogP contribution is -2.56. The van der Waals surface area contributed by atoms with Crippen molar-refractivity contribution in [2.24, 2.45) is 0 Å². The Morgan fingerprint density at radius 1 is 1.05 bits per heavy atom. The Morgan fingerprint density at radius 3 is 2.27 bits per heavy atom. The number of rotatable bonds is 9. The first-order valence-corrected chi connectivity index (χ1v) is 13.8. The Morgan fingerprint density at radius 2 is 1.68 bits per heavy atom. The second-order valence-corrected chi connectivity index (χ2v) is 10.8. The van der Waals surface area contributed by atoms with Crippen LogP contribution in [0.4, 0.5) is 4.79 Å². The number of nitrogens with zero attached hydrogens (tertiary/aromatic N) is 3. The molecule has 1 aromatic carbocycles. The van der Waals surface area contributed by atoms with Crippen LogP contribution >= 0.6 is 11.6 Å². The van der Waals surface area contributed by atoms with Gasteiger partial charge in [-0.15, -0.1) is 0 Å². The molecule has 1 atom stereocenters. The number of aromatic nitrogens is 1. The van der Waals surface area contributed by atoms with Crippen LogP contribution in [0.2, 0.25) is 5.02 Å². The van der Waals surface area contributed by atoms with Crippen molar-refractivity contribution in [2.45, 2.75) is 52.2 Å². The molecule has 0 bridgehead atoms. The maximum absolute atomic E-state index is 13.6. The van der Waals surface area contributed by atoms with Crippen LogP contribution in [-0.4, -0.2) is 90.2 Å². The minimum atomic E-state index is -1.07. The van der Waals surface area contributed by atoms with E-state index in [0.29, 0.717) is 5.69 Å². The van der Waals surface area contributed by atoms with Gasteiger partial charge >= 0.3 is 12.1 Å². The number of hydrogen-bond donors (Lipinski definition) is 1. The second-order valence-electron chi connectivity index (χ2n) is 10.4. The summed E-state index contributed by atoms with van der Waals surface area (Å²) in [5, 5.41) is 2.92. The first kappa shape index (κ1) is 31.7. The van der Waals surface area contributed by atoms with Crippen molar-refractivity contribution in [3.63, 3.8) is 0 Å². The summed E-state index contributed by atoms with van der Waals surface area (Å²) in [4.78, 5) is 59.3. The number of pyridine rings is 1. The van der Waals surface area contributed by atoms with Gasteiger partial charge in [0.1, 0.15) is 11.6 Å². The van der Waals surface area contributed by atoms with Crippen LogP contribution in [0.5, 0.6) is 5.75 Å². The van der Waals surface area contributed by atoms with Gasteiger partial charge in [0.2, 0.25) is 5.91 Å². The molecular formula is C29H37ClN4O7. The number of carbonyl (C=O) groups excluding carboxylic acids is 4. The van der Waals surface area contributed by atoms with Gasteiger partial charge in [-0.1, -0.05) is 41.9 Å². The lowest BCUT2D eigenvalue weighted by atomic mass is 10.1. The van der Waals surface area contributed by atoms with Gasteiger partial charge in [0.15, 0.2) is 11.4 Å². The lowest BCUT2D eigenvalue weighted by Gasteiger charge is -2.36. The fourth-order valence-corrected chi connectivity index (χ4v) is 4.56. The SMILES string of the molecule is CCOC(=O)N1CCN(C(=O)[C@H](CCC(=O)OC(C)(C)C)NC(=O)c2nc(-c3ccccc3)cc(Cl)c2OC)CC1. The number of amides is 3. The molecule has 0 aliphatic carbocycles. The predicted octanol–water partition coefficient (Wildman–Crippen LogP) is 3.93. The second kappa shape index (κ2) is 14.2. The molecule has 12 heteroatoms. The molecule has 1 saturated heterocycles. The summed E-state index contributed by atoms with van der Waals surface area (Å²) in [5.74, 6) is -1.52. The van der Waals surface area contributed by atoms with E-state index in [0.717, 1.165) is 5.56 Å². The molecule has 2 aromatic rings. The fraction of sp³-hybridized carbons (Fsp3) is 0.483. The van der Waals surface area contributed by atoms with Gasteiger partial charge in [0.05, 0.1) is 24.4 Å². The summed E-state index contributed by atoms with van der Waals surface area (Å²) < 4.78 is 15.8. The normalized spacial score (nSPS) is 14.2. The molecule has 2 heterocycles. The van der Waals surface area contributed by atoms with Crippen molar-refractivity contribution in [1.29, 1.82) is 0 Å². The third kappa shape index (κ3) is 8.81. The molecule has 1 aliphatic rings. The third-order valence-corrected chi connectivity index (χ3v) is 6.48. The molecule has 1 aliphatic heterocycles. The highest BCUT2D eigenvalue weighted by Gasteiger charge is 2.32. The topological polar surface area (TPSA) is 127 Å². The Balaban J connectivity index is 1.84. The van der Waals surface area contributed by atoms with Gasteiger partial charge < -0.3 is 29.3 Å². The Hall–Kier alpha value is -3.86. The van der Waals surface area contributed by atoms with Crippen LogP contribution in [0, 0.1) is 0 Å². The van der Waals surface area contributed by atoms with E-state index in [2.05, 4.69) is 10.3 Å². The number of esters is 1. The summed E-state index contributed by atoms with van der Waals surface area (Å²) in [6.07, 6.45) is -0.555. The number of methoxy groups -OCH3 is 1. The van der Waals surface area contributed by atoms with Gasteiger partial charge in [0, 0.05) is 38.2 Å². The average molecular weight is 589 g/mol. The van der Waals surface area contributed by atoms with Gasteiger partial charge in [0.25, 0.3) is 5.91 Å². The zero-order chi connectivity index (χ0) is 30.2. The maximum Gasteiger partial charge on any atom is 0.409 e. The zero-order valence-corrected chi connectivity index (χ0v) is 24.8.